The van der Waals surface area contributed by atoms with E-state index in [0.29, 0.717) is 31.2 Å². The maximum Gasteiger partial charge on any atom is 0.274 e. The van der Waals surface area contributed by atoms with Crippen molar-refractivity contribution in [2.24, 2.45) is 0 Å². The largest absolute Gasteiger partial charge is 0.335 e. The average molecular weight is 463 g/mol. The number of thiophene rings is 1. The smallest absolute Gasteiger partial charge is 0.274 e. The van der Waals surface area contributed by atoms with Gasteiger partial charge in [0.15, 0.2) is 0 Å². The van der Waals surface area contributed by atoms with E-state index in [0.717, 1.165) is 53.9 Å². The molecule has 4 aromatic heterocycles. The number of fused-ring (bicyclic) bond motifs is 4. The number of aromatic amines is 1. The van der Waals surface area contributed by atoms with Crippen LogP contribution >= 0.6 is 11.3 Å². The number of rotatable bonds is 3. The summed E-state index contributed by atoms with van der Waals surface area (Å²) in [7, 11) is 0. The molecule has 0 saturated carbocycles. The Labute approximate surface area is 194 Å². The van der Waals surface area contributed by atoms with E-state index in [1.165, 1.54) is 16.9 Å². The summed E-state index contributed by atoms with van der Waals surface area (Å²) >= 11 is 1.68. The quantitative estimate of drug-likeness (QED) is 0.506. The van der Waals surface area contributed by atoms with Gasteiger partial charge >= 0.3 is 0 Å². The normalized spacial score (nSPS) is 17.1. The van der Waals surface area contributed by atoms with Gasteiger partial charge in [-0.25, -0.2) is 9.97 Å². The molecule has 6 rings (SSSR count). The molecule has 33 heavy (non-hydrogen) atoms. The Morgan fingerprint density at radius 2 is 1.94 bits per heavy atom. The first-order valence-electron chi connectivity index (χ1n) is 11.6. The predicted molar refractivity (Wildman–Crippen MR) is 128 cm³/mol. The molecule has 0 radical (unpaired) electrons. The van der Waals surface area contributed by atoms with E-state index in [1.807, 2.05) is 40.6 Å². The third-order valence-corrected chi connectivity index (χ3v) is 8.01. The Hall–Kier alpha value is -3.04. The van der Waals surface area contributed by atoms with Crippen molar-refractivity contribution in [3.05, 3.63) is 62.4 Å². The van der Waals surface area contributed by atoms with Crippen LogP contribution in [0.1, 0.15) is 45.3 Å². The van der Waals surface area contributed by atoms with Crippen molar-refractivity contribution in [3.63, 3.8) is 0 Å². The summed E-state index contributed by atoms with van der Waals surface area (Å²) in [6.45, 7) is 5.32. The van der Waals surface area contributed by atoms with E-state index in [4.69, 9.17) is 4.98 Å². The third-order valence-electron chi connectivity index (χ3n) is 6.82. The maximum absolute atomic E-state index is 13.0. The highest BCUT2D eigenvalue weighted by atomic mass is 32.1. The molecule has 1 amide bonds. The number of aromatic nitrogens is 4. The van der Waals surface area contributed by atoms with Gasteiger partial charge in [0, 0.05) is 42.9 Å². The average Bonchev–Trinajstić information content (AvgIpc) is 3.42. The predicted octanol–water partition coefficient (Wildman–Crippen LogP) is 2.78. The number of imidazole rings is 1. The fourth-order valence-corrected chi connectivity index (χ4v) is 6.30. The molecule has 4 aromatic rings. The second-order valence-electron chi connectivity index (χ2n) is 8.99. The maximum atomic E-state index is 13.0. The molecule has 170 valence electrons. The SMILES string of the molecule is Cc1cccc2nc(C(=O)N3CCN(Cc4nc5sc6c(c5c(=O)[nH]4)CCCC6)CC3)cn12. The van der Waals surface area contributed by atoms with Crippen LogP contribution in [-0.4, -0.2) is 61.2 Å². The molecule has 0 unspecified atom stereocenters. The van der Waals surface area contributed by atoms with Crippen LogP contribution in [0.15, 0.2) is 29.2 Å². The van der Waals surface area contributed by atoms with Gasteiger partial charge in [0.25, 0.3) is 11.5 Å². The second kappa shape index (κ2) is 8.07. The van der Waals surface area contributed by atoms with Gasteiger partial charge < -0.3 is 14.3 Å². The van der Waals surface area contributed by atoms with Crippen LogP contribution in [0.25, 0.3) is 15.9 Å². The fraction of sp³-hybridized carbons (Fsp3) is 0.417. The topological polar surface area (TPSA) is 86.6 Å². The molecule has 1 saturated heterocycles. The number of H-pyrrole nitrogens is 1. The molecule has 1 fully saturated rings. The summed E-state index contributed by atoms with van der Waals surface area (Å²) in [4.78, 5) is 44.4. The van der Waals surface area contributed by atoms with Crippen LogP contribution < -0.4 is 5.56 Å². The van der Waals surface area contributed by atoms with Gasteiger partial charge in [-0.3, -0.25) is 14.5 Å². The Kier molecular flexibility index (Phi) is 5.03. The highest BCUT2D eigenvalue weighted by molar-refractivity contribution is 7.18. The van der Waals surface area contributed by atoms with E-state index >= 15 is 0 Å². The highest BCUT2D eigenvalue weighted by Gasteiger charge is 2.25. The van der Waals surface area contributed by atoms with Crippen molar-refractivity contribution in [2.75, 3.05) is 26.2 Å². The standard InChI is InChI=1S/C24H26N6O2S/c1-15-5-4-8-20-25-17(13-30(15)20)24(32)29-11-9-28(10-12-29)14-19-26-22(31)21-16-6-2-3-7-18(16)33-23(21)27-19/h4-5,8,13H,2-3,6-7,9-12,14H2,1H3,(H,26,27,31). The van der Waals surface area contributed by atoms with Gasteiger partial charge in [-0.15, -0.1) is 11.3 Å². The molecule has 2 aliphatic rings. The molecule has 0 bridgehead atoms. The zero-order valence-corrected chi connectivity index (χ0v) is 19.5. The Balaban J connectivity index is 1.14. The van der Waals surface area contributed by atoms with Crippen molar-refractivity contribution in [1.29, 1.82) is 0 Å². The lowest BCUT2D eigenvalue weighted by molar-refractivity contribution is 0.0620. The minimum atomic E-state index is -0.0325. The molecular formula is C24H26N6O2S. The van der Waals surface area contributed by atoms with Crippen LogP contribution in [0.4, 0.5) is 0 Å². The second-order valence-corrected chi connectivity index (χ2v) is 10.1. The summed E-state index contributed by atoms with van der Waals surface area (Å²) in [5.74, 6) is 0.677. The summed E-state index contributed by atoms with van der Waals surface area (Å²) in [5, 5.41) is 0.802. The number of carbonyl (C=O) groups excluding carboxylic acids is 1. The number of amides is 1. The zero-order valence-electron chi connectivity index (χ0n) is 18.6. The number of nitrogens with zero attached hydrogens (tertiary/aromatic N) is 5. The lowest BCUT2D eigenvalue weighted by atomic mass is 9.97. The van der Waals surface area contributed by atoms with Crippen LogP contribution in [-0.2, 0) is 19.4 Å². The van der Waals surface area contributed by atoms with Crippen molar-refractivity contribution < 1.29 is 4.79 Å². The minimum absolute atomic E-state index is 0.00893. The first kappa shape index (κ1) is 20.6. The van der Waals surface area contributed by atoms with Gasteiger partial charge in [-0.05, 0) is 50.3 Å². The third kappa shape index (κ3) is 3.65. The molecule has 1 aliphatic carbocycles. The lowest BCUT2D eigenvalue weighted by Gasteiger charge is -2.34. The molecule has 9 heteroatoms. The van der Waals surface area contributed by atoms with Crippen LogP contribution in [0, 0.1) is 6.92 Å². The summed E-state index contributed by atoms with van der Waals surface area (Å²) in [6, 6.07) is 5.87. The molecule has 0 atom stereocenters. The summed E-state index contributed by atoms with van der Waals surface area (Å²) in [6.07, 6.45) is 6.22. The van der Waals surface area contributed by atoms with Gasteiger partial charge in [-0.1, -0.05) is 6.07 Å². The number of hydrogen-bond acceptors (Lipinski definition) is 6. The van der Waals surface area contributed by atoms with Crippen molar-refractivity contribution >= 4 is 33.1 Å². The van der Waals surface area contributed by atoms with Crippen molar-refractivity contribution in [3.8, 4) is 0 Å². The van der Waals surface area contributed by atoms with E-state index in [2.05, 4.69) is 14.9 Å². The number of aryl methyl sites for hydroxylation is 3. The van der Waals surface area contributed by atoms with E-state index in [9.17, 15) is 9.59 Å². The van der Waals surface area contributed by atoms with E-state index < -0.39 is 0 Å². The van der Waals surface area contributed by atoms with E-state index in [-0.39, 0.29) is 11.5 Å². The van der Waals surface area contributed by atoms with Gasteiger partial charge in [0.2, 0.25) is 0 Å². The molecule has 0 aromatic carbocycles. The molecule has 8 nitrogen and oxygen atoms in total. The summed E-state index contributed by atoms with van der Waals surface area (Å²) < 4.78 is 1.95. The Morgan fingerprint density at radius 1 is 1.12 bits per heavy atom. The first-order valence-corrected chi connectivity index (χ1v) is 12.4. The van der Waals surface area contributed by atoms with Crippen molar-refractivity contribution in [2.45, 2.75) is 39.2 Å². The van der Waals surface area contributed by atoms with Crippen LogP contribution in [0.3, 0.4) is 0 Å². The van der Waals surface area contributed by atoms with Crippen LogP contribution in [0.2, 0.25) is 0 Å². The van der Waals surface area contributed by atoms with Crippen molar-refractivity contribution in [1.82, 2.24) is 29.2 Å². The van der Waals surface area contributed by atoms with Crippen LogP contribution in [0.5, 0.6) is 0 Å². The number of carbonyl (C=O) groups is 1. The lowest BCUT2D eigenvalue weighted by Crippen LogP contribution is -2.48. The number of nitrogens with one attached hydrogen (secondary N) is 1. The Morgan fingerprint density at radius 3 is 2.76 bits per heavy atom. The van der Waals surface area contributed by atoms with Gasteiger partial charge in [0.1, 0.15) is 22.0 Å². The fourth-order valence-electron chi connectivity index (χ4n) is 5.02. The van der Waals surface area contributed by atoms with Gasteiger partial charge in [0.05, 0.1) is 11.9 Å². The highest BCUT2D eigenvalue weighted by Crippen LogP contribution is 2.33. The molecule has 0 spiro atoms. The molecule has 5 heterocycles. The van der Waals surface area contributed by atoms with E-state index in [1.54, 1.807) is 11.3 Å². The summed E-state index contributed by atoms with van der Waals surface area (Å²) in [5.41, 5.74) is 3.53. The van der Waals surface area contributed by atoms with Gasteiger partial charge in [-0.2, -0.15) is 0 Å². The first-order chi connectivity index (χ1) is 16.1. The monoisotopic (exact) mass is 462 g/mol. The minimum Gasteiger partial charge on any atom is -0.335 e. The molecule has 1 aliphatic heterocycles. The molecule has 1 N–H and O–H groups in total. The Bertz CT molecular complexity index is 1430. The number of piperazine rings is 1. The zero-order chi connectivity index (χ0) is 22.5. The number of hydrogen-bond donors (Lipinski definition) is 1. The molecular weight excluding hydrogens is 436 g/mol. The number of pyridine rings is 1.